The Morgan fingerprint density at radius 3 is 2.79 bits per heavy atom. The number of hydrogen-bond acceptors (Lipinski definition) is 4. The lowest BCUT2D eigenvalue weighted by molar-refractivity contribution is 0.0873. The fraction of sp³-hybridized carbons (Fsp3) is 0.700. The van der Waals surface area contributed by atoms with E-state index < -0.39 is 0 Å². The van der Waals surface area contributed by atoms with Crippen molar-refractivity contribution in [3.63, 3.8) is 0 Å². The average molecular weight is 198 g/mol. The van der Waals surface area contributed by atoms with E-state index in [1.54, 1.807) is 6.26 Å². The van der Waals surface area contributed by atoms with Crippen LogP contribution in [0.1, 0.15) is 33.4 Å². The van der Waals surface area contributed by atoms with Gasteiger partial charge in [-0.2, -0.15) is 4.98 Å². The fourth-order valence-corrected chi connectivity index (χ4v) is 0.931. The summed E-state index contributed by atoms with van der Waals surface area (Å²) in [6, 6.07) is 0. The standard InChI is InChI=1S/C10H18N2O2/c1-5-11-6-8-7-13-9(12-8)14-10(2,3)4/h7,11H,5-6H2,1-4H3. The van der Waals surface area contributed by atoms with E-state index in [1.165, 1.54) is 0 Å². The van der Waals surface area contributed by atoms with E-state index in [1.807, 2.05) is 27.7 Å². The lowest BCUT2D eigenvalue weighted by Gasteiger charge is -2.17. The minimum Gasteiger partial charge on any atom is -0.444 e. The maximum Gasteiger partial charge on any atom is 0.394 e. The predicted octanol–water partition coefficient (Wildman–Crippen LogP) is 1.96. The summed E-state index contributed by atoms with van der Waals surface area (Å²) >= 11 is 0. The van der Waals surface area contributed by atoms with Gasteiger partial charge in [-0.1, -0.05) is 6.92 Å². The van der Waals surface area contributed by atoms with Crippen molar-refractivity contribution in [2.75, 3.05) is 6.54 Å². The van der Waals surface area contributed by atoms with Gasteiger partial charge in [0.15, 0.2) is 0 Å². The highest BCUT2D eigenvalue weighted by Crippen LogP contribution is 2.16. The van der Waals surface area contributed by atoms with Crippen molar-refractivity contribution in [3.8, 4) is 6.08 Å². The summed E-state index contributed by atoms with van der Waals surface area (Å²) in [5, 5.41) is 3.16. The van der Waals surface area contributed by atoms with E-state index in [0.717, 1.165) is 12.2 Å². The summed E-state index contributed by atoms with van der Waals surface area (Å²) in [6.45, 7) is 9.56. The molecule has 0 spiro atoms. The van der Waals surface area contributed by atoms with Gasteiger partial charge in [-0.25, -0.2) is 0 Å². The Morgan fingerprint density at radius 2 is 2.21 bits per heavy atom. The third-order valence-electron chi connectivity index (χ3n) is 1.48. The van der Waals surface area contributed by atoms with Crippen LogP contribution < -0.4 is 10.1 Å². The summed E-state index contributed by atoms with van der Waals surface area (Å²) in [4.78, 5) is 4.18. The maximum absolute atomic E-state index is 5.46. The second-order valence-corrected chi connectivity index (χ2v) is 4.10. The monoisotopic (exact) mass is 198 g/mol. The normalized spacial score (nSPS) is 11.7. The molecule has 0 fully saturated rings. The molecule has 4 nitrogen and oxygen atoms in total. The van der Waals surface area contributed by atoms with E-state index in [9.17, 15) is 0 Å². The smallest absolute Gasteiger partial charge is 0.394 e. The van der Waals surface area contributed by atoms with Crippen LogP contribution in [0, 0.1) is 0 Å². The fourth-order valence-electron chi connectivity index (χ4n) is 0.931. The van der Waals surface area contributed by atoms with Crippen molar-refractivity contribution in [2.24, 2.45) is 0 Å². The van der Waals surface area contributed by atoms with Crippen LogP contribution in [0.3, 0.4) is 0 Å². The molecular formula is C10H18N2O2. The second kappa shape index (κ2) is 4.46. The van der Waals surface area contributed by atoms with Crippen LogP contribution >= 0.6 is 0 Å². The van der Waals surface area contributed by atoms with Crippen LogP contribution in [-0.4, -0.2) is 17.1 Å². The number of aromatic nitrogens is 1. The molecule has 0 aromatic carbocycles. The molecule has 1 rings (SSSR count). The van der Waals surface area contributed by atoms with Crippen molar-refractivity contribution in [2.45, 2.75) is 39.8 Å². The second-order valence-electron chi connectivity index (χ2n) is 4.10. The number of hydrogen-bond donors (Lipinski definition) is 1. The third-order valence-corrected chi connectivity index (χ3v) is 1.48. The zero-order valence-electron chi connectivity index (χ0n) is 9.26. The van der Waals surface area contributed by atoms with Crippen LogP contribution in [0.25, 0.3) is 0 Å². The summed E-state index contributed by atoms with van der Waals surface area (Å²) in [5.74, 6) is 0. The Morgan fingerprint density at radius 1 is 1.50 bits per heavy atom. The van der Waals surface area contributed by atoms with Gasteiger partial charge >= 0.3 is 6.08 Å². The molecule has 14 heavy (non-hydrogen) atoms. The molecule has 1 heterocycles. The van der Waals surface area contributed by atoms with E-state index >= 15 is 0 Å². The number of nitrogens with zero attached hydrogens (tertiary/aromatic N) is 1. The van der Waals surface area contributed by atoms with Crippen LogP contribution in [0.4, 0.5) is 0 Å². The van der Waals surface area contributed by atoms with E-state index in [0.29, 0.717) is 12.6 Å². The topological polar surface area (TPSA) is 47.3 Å². The molecule has 0 amide bonds. The van der Waals surface area contributed by atoms with Gasteiger partial charge in [0.2, 0.25) is 0 Å². The molecule has 80 valence electrons. The molecule has 0 saturated carbocycles. The number of oxazole rings is 1. The van der Waals surface area contributed by atoms with Gasteiger partial charge in [0, 0.05) is 6.54 Å². The molecule has 0 atom stereocenters. The van der Waals surface area contributed by atoms with Gasteiger partial charge in [0.05, 0.1) is 5.69 Å². The lowest BCUT2D eigenvalue weighted by Crippen LogP contribution is -2.23. The summed E-state index contributed by atoms with van der Waals surface area (Å²) in [6.07, 6.45) is 1.95. The molecule has 0 radical (unpaired) electrons. The van der Waals surface area contributed by atoms with E-state index in [2.05, 4.69) is 10.3 Å². The number of ether oxygens (including phenoxy) is 1. The zero-order valence-corrected chi connectivity index (χ0v) is 9.26. The zero-order chi connectivity index (χ0) is 10.6. The maximum atomic E-state index is 5.46. The summed E-state index contributed by atoms with van der Waals surface area (Å²) in [5.41, 5.74) is 0.603. The van der Waals surface area contributed by atoms with Crippen molar-refractivity contribution >= 4 is 0 Å². The average Bonchev–Trinajstić information content (AvgIpc) is 2.46. The quantitative estimate of drug-likeness (QED) is 0.803. The van der Waals surface area contributed by atoms with Crippen molar-refractivity contribution in [1.82, 2.24) is 10.3 Å². The SMILES string of the molecule is CCNCc1coc(OC(C)(C)C)n1. The molecule has 0 aliphatic rings. The first-order valence-corrected chi connectivity index (χ1v) is 4.85. The van der Waals surface area contributed by atoms with Gasteiger partial charge in [-0.15, -0.1) is 0 Å². The first kappa shape index (κ1) is 11.0. The molecule has 0 unspecified atom stereocenters. The molecule has 0 aliphatic carbocycles. The van der Waals surface area contributed by atoms with Crippen molar-refractivity contribution in [1.29, 1.82) is 0 Å². The minimum atomic E-state index is -0.264. The van der Waals surface area contributed by atoms with Gasteiger partial charge in [-0.05, 0) is 27.3 Å². The van der Waals surface area contributed by atoms with Crippen molar-refractivity contribution < 1.29 is 9.15 Å². The molecule has 1 aromatic heterocycles. The Hall–Kier alpha value is -1.03. The minimum absolute atomic E-state index is 0.264. The third kappa shape index (κ3) is 3.79. The summed E-state index contributed by atoms with van der Waals surface area (Å²) in [7, 11) is 0. The summed E-state index contributed by atoms with van der Waals surface area (Å²) < 4.78 is 10.6. The molecule has 0 aliphatic heterocycles. The van der Waals surface area contributed by atoms with E-state index in [-0.39, 0.29) is 5.60 Å². The number of rotatable bonds is 4. The van der Waals surface area contributed by atoms with Crippen LogP contribution in [0.5, 0.6) is 6.08 Å². The van der Waals surface area contributed by atoms with Gasteiger partial charge in [-0.3, -0.25) is 0 Å². The predicted molar refractivity (Wildman–Crippen MR) is 54.3 cm³/mol. The van der Waals surface area contributed by atoms with Gasteiger partial charge in [0.1, 0.15) is 11.9 Å². The van der Waals surface area contributed by atoms with E-state index in [4.69, 9.17) is 9.15 Å². The van der Waals surface area contributed by atoms with Crippen LogP contribution in [-0.2, 0) is 6.54 Å². The molecule has 1 N–H and O–H groups in total. The molecule has 1 aromatic rings. The van der Waals surface area contributed by atoms with Crippen LogP contribution in [0.15, 0.2) is 10.7 Å². The highest BCUT2D eigenvalue weighted by molar-refractivity contribution is 5.00. The molecule has 0 bridgehead atoms. The molecule has 0 saturated heterocycles. The first-order chi connectivity index (χ1) is 6.51. The highest BCUT2D eigenvalue weighted by atomic mass is 16.6. The first-order valence-electron chi connectivity index (χ1n) is 4.85. The largest absolute Gasteiger partial charge is 0.444 e. The Kier molecular flexibility index (Phi) is 3.52. The lowest BCUT2D eigenvalue weighted by atomic mass is 10.2. The van der Waals surface area contributed by atoms with Gasteiger partial charge in [0.25, 0.3) is 0 Å². The molecular weight excluding hydrogens is 180 g/mol. The van der Waals surface area contributed by atoms with Crippen molar-refractivity contribution in [3.05, 3.63) is 12.0 Å². The Bertz CT molecular complexity index is 276. The van der Waals surface area contributed by atoms with Gasteiger partial charge < -0.3 is 14.5 Å². The molecule has 4 heteroatoms. The van der Waals surface area contributed by atoms with Crippen LogP contribution in [0.2, 0.25) is 0 Å². The highest BCUT2D eigenvalue weighted by Gasteiger charge is 2.15. The Labute approximate surface area is 84.7 Å². The number of nitrogens with one attached hydrogen (secondary N) is 1. The Balaban J connectivity index is 2.51.